The highest BCUT2D eigenvalue weighted by atomic mass is 19.4. The van der Waals surface area contributed by atoms with E-state index >= 15 is 0 Å². The van der Waals surface area contributed by atoms with Gasteiger partial charge in [-0.25, -0.2) is 10.8 Å². The van der Waals surface area contributed by atoms with E-state index in [1.54, 1.807) is 0 Å². The second-order valence-corrected chi connectivity index (χ2v) is 3.93. The van der Waals surface area contributed by atoms with Gasteiger partial charge < -0.3 is 10.2 Å². The van der Waals surface area contributed by atoms with E-state index in [2.05, 4.69) is 15.3 Å². The molecule has 0 aliphatic heterocycles. The van der Waals surface area contributed by atoms with E-state index in [-0.39, 0.29) is 11.8 Å². The zero-order valence-corrected chi connectivity index (χ0v) is 10.8. The summed E-state index contributed by atoms with van der Waals surface area (Å²) >= 11 is 0. The van der Waals surface area contributed by atoms with Gasteiger partial charge in [-0.1, -0.05) is 6.92 Å². The molecule has 0 atom stereocenters. The van der Waals surface area contributed by atoms with Crippen molar-refractivity contribution in [2.24, 2.45) is 5.84 Å². The van der Waals surface area contributed by atoms with Gasteiger partial charge >= 0.3 is 6.18 Å². The number of hydrazine groups is 1. The van der Waals surface area contributed by atoms with Crippen LogP contribution in [0.5, 0.6) is 0 Å². The lowest BCUT2D eigenvalue weighted by Crippen LogP contribution is -2.25. The molecular weight excluding hydrogens is 261 g/mol. The van der Waals surface area contributed by atoms with Crippen LogP contribution in [-0.4, -0.2) is 41.5 Å². The summed E-state index contributed by atoms with van der Waals surface area (Å²) in [4.78, 5) is 9.09. The molecule has 1 aromatic heterocycles. The molecule has 0 bridgehead atoms. The SMILES string of the molecule is CCN(C)CCNc1cc(C(F)(F)F)nc(NN)n1. The fourth-order valence-electron chi connectivity index (χ4n) is 1.28. The Kier molecular flexibility index (Phi) is 5.31. The molecule has 0 radical (unpaired) electrons. The molecule has 6 nitrogen and oxygen atoms in total. The maximum absolute atomic E-state index is 12.6. The maximum Gasteiger partial charge on any atom is 0.433 e. The molecule has 19 heavy (non-hydrogen) atoms. The number of nitrogens with one attached hydrogen (secondary N) is 2. The third-order valence-corrected chi connectivity index (χ3v) is 2.49. The number of likely N-dealkylation sites (N-methyl/N-ethyl adjacent to an activating group) is 1. The normalized spacial score (nSPS) is 11.7. The molecule has 0 fully saturated rings. The Morgan fingerprint density at radius 3 is 2.58 bits per heavy atom. The van der Waals surface area contributed by atoms with Crippen LogP contribution in [0.25, 0.3) is 0 Å². The first-order valence-electron chi connectivity index (χ1n) is 5.72. The molecular formula is C10H17F3N6. The molecule has 0 aromatic carbocycles. The molecule has 1 heterocycles. The molecule has 0 saturated heterocycles. The Labute approximate surface area is 109 Å². The first-order chi connectivity index (χ1) is 8.86. The summed E-state index contributed by atoms with van der Waals surface area (Å²) in [6, 6.07) is 0.854. The average Bonchev–Trinajstić information content (AvgIpc) is 2.37. The predicted octanol–water partition coefficient (Wildman–Crippen LogP) is 1.14. The standard InChI is InChI=1S/C10H17F3N6/c1-3-19(2)5-4-15-8-6-7(10(11,12)13)16-9(17-8)18-14/h6H,3-5,14H2,1-2H3,(H2,15,16,17,18). The third-order valence-electron chi connectivity index (χ3n) is 2.49. The van der Waals surface area contributed by atoms with E-state index in [9.17, 15) is 13.2 Å². The minimum absolute atomic E-state index is 0.0831. The van der Waals surface area contributed by atoms with Crippen LogP contribution in [0.4, 0.5) is 24.9 Å². The van der Waals surface area contributed by atoms with Crippen molar-refractivity contribution in [3.05, 3.63) is 11.8 Å². The lowest BCUT2D eigenvalue weighted by Gasteiger charge is -2.15. The number of halogens is 3. The largest absolute Gasteiger partial charge is 0.433 e. The van der Waals surface area contributed by atoms with Gasteiger partial charge in [-0.15, -0.1) is 0 Å². The summed E-state index contributed by atoms with van der Waals surface area (Å²) in [5, 5.41) is 2.81. The summed E-state index contributed by atoms with van der Waals surface area (Å²) in [6.45, 7) is 4.01. The number of hydrogen-bond donors (Lipinski definition) is 3. The Morgan fingerprint density at radius 2 is 2.05 bits per heavy atom. The molecule has 0 spiro atoms. The molecule has 0 amide bonds. The number of alkyl halides is 3. The van der Waals surface area contributed by atoms with Gasteiger partial charge in [-0.3, -0.25) is 5.43 Å². The molecule has 0 aliphatic rings. The van der Waals surface area contributed by atoms with Crippen molar-refractivity contribution in [3.63, 3.8) is 0 Å². The summed E-state index contributed by atoms with van der Waals surface area (Å²) < 4.78 is 37.8. The van der Waals surface area contributed by atoms with E-state index in [0.717, 1.165) is 12.6 Å². The minimum Gasteiger partial charge on any atom is -0.369 e. The van der Waals surface area contributed by atoms with Crippen molar-refractivity contribution in [1.82, 2.24) is 14.9 Å². The second-order valence-electron chi connectivity index (χ2n) is 3.93. The Bertz CT molecular complexity index is 409. The van der Waals surface area contributed by atoms with Gasteiger partial charge in [0.05, 0.1) is 0 Å². The lowest BCUT2D eigenvalue weighted by atomic mass is 10.3. The lowest BCUT2D eigenvalue weighted by molar-refractivity contribution is -0.141. The van der Waals surface area contributed by atoms with E-state index in [1.165, 1.54) is 0 Å². The number of hydrogen-bond acceptors (Lipinski definition) is 6. The van der Waals surface area contributed by atoms with E-state index in [0.29, 0.717) is 13.1 Å². The highest BCUT2D eigenvalue weighted by Crippen LogP contribution is 2.29. The molecule has 0 saturated carbocycles. The van der Waals surface area contributed by atoms with Crippen LogP contribution < -0.4 is 16.6 Å². The van der Waals surface area contributed by atoms with Crippen LogP contribution >= 0.6 is 0 Å². The van der Waals surface area contributed by atoms with Crippen molar-refractivity contribution in [3.8, 4) is 0 Å². The highest BCUT2D eigenvalue weighted by molar-refractivity contribution is 5.42. The molecule has 9 heteroatoms. The second kappa shape index (κ2) is 6.53. The number of nitrogens with zero attached hydrogens (tertiary/aromatic N) is 3. The monoisotopic (exact) mass is 278 g/mol. The number of anilines is 2. The molecule has 108 valence electrons. The van der Waals surface area contributed by atoms with Gasteiger partial charge in [0.2, 0.25) is 5.95 Å². The molecule has 0 unspecified atom stereocenters. The van der Waals surface area contributed by atoms with Crippen LogP contribution in [0.3, 0.4) is 0 Å². The summed E-state index contributed by atoms with van der Waals surface area (Å²) in [5.41, 5.74) is 0.978. The van der Waals surface area contributed by atoms with Gasteiger partial charge in [-0.2, -0.15) is 18.2 Å². The first-order valence-corrected chi connectivity index (χ1v) is 5.72. The minimum atomic E-state index is -4.54. The smallest absolute Gasteiger partial charge is 0.369 e. The number of nitrogen functional groups attached to an aromatic ring is 1. The predicted molar refractivity (Wildman–Crippen MR) is 66.5 cm³/mol. The van der Waals surface area contributed by atoms with Crippen LogP contribution in [0, 0.1) is 0 Å². The Morgan fingerprint density at radius 1 is 1.37 bits per heavy atom. The summed E-state index contributed by atoms with van der Waals surface area (Å²) in [5.74, 6) is 4.86. The van der Waals surface area contributed by atoms with Crippen molar-refractivity contribution in [1.29, 1.82) is 0 Å². The zero-order chi connectivity index (χ0) is 14.5. The van der Waals surface area contributed by atoms with Crippen LogP contribution in [0.15, 0.2) is 6.07 Å². The first kappa shape index (κ1) is 15.4. The fourth-order valence-corrected chi connectivity index (χ4v) is 1.28. The molecule has 1 aromatic rings. The number of aromatic nitrogens is 2. The van der Waals surface area contributed by atoms with Crippen molar-refractivity contribution in [2.75, 3.05) is 37.4 Å². The fraction of sp³-hybridized carbons (Fsp3) is 0.600. The number of rotatable bonds is 6. The summed E-state index contributed by atoms with van der Waals surface area (Å²) in [7, 11) is 1.91. The van der Waals surface area contributed by atoms with Crippen LogP contribution in [-0.2, 0) is 6.18 Å². The average molecular weight is 278 g/mol. The van der Waals surface area contributed by atoms with Crippen LogP contribution in [0.2, 0.25) is 0 Å². The maximum atomic E-state index is 12.6. The molecule has 0 aliphatic carbocycles. The Balaban J connectivity index is 2.77. The highest BCUT2D eigenvalue weighted by Gasteiger charge is 2.33. The van der Waals surface area contributed by atoms with Crippen LogP contribution in [0.1, 0.15) is 12.6 Å². The van der Waals surface area contributed by atoms with Gasteiger partial charge in [0, 0.05) is 19.2 Å². The van der Waals surface area contributed by atoms with Gasteiger partial charge in [0.25, 0.3) is 0 Å². The topological polar surface area (TPSA) is 79.1 Å². The van der Waals surface area contributed by atoms with E-state index in [1.807, 2.05) is 24.3 Å². The van der Waals surface area contributed by atoms with Gasteiger partial charge in [-0.05, 0) is 13.6 Å². The van der Waals surface area contributed by atoms with E-state index < -0.39 is 11.9 Å². The quantitative estimate of drug-likeness (QED) is 0.535. The van der Waals surface area contributed by atoms with Gasteiger partial charge in [0.1, 0.15) is 5.82 Å². The Hall–Kier alpha value is -1.61. The molecule has 1 rings (SSSR count). The number of nitrogens with two attached hydrogens (primary N) is 1. The van der Waals surface area contributed by atoms with Crippen molar-refractivity contribution >= 4 is 11.8 Å². The van der Waals surface area contributed by atoms with Crippen molar-refractivity contribution < 1.29 is 13.2 Å². The third kappa shape index (κ3) is 4.87. The van der Waals surface area contributed by atoms with Crippen molar-refractivity contribution in [2.45, 2.75) is 13.1 Å². The summed E-state index contributed by atoms with van der Waals surface area (Å²) in [6.07, 6.45) is -4.54. The van der Waals surface area contributed by atoms with E-state index in [4.69, 9.17) is 5.84 Å². The zero-order valence-electron chi connectivity index (χ0n) is 10.8. The van der Waals surface area contributed by atoms with Gasteiger partial charge in [0.15, 0.2) is 5.69 Å². The molecule has 4 N–H and O–H groups in total.